The SMILES string of the molecule is C#CCCCCO[C@@H]1/C(C)=C/[C@@H](C)C(=O)C[C@@H]([C@H](N)C[C@@H]2CC[C@@H](O)[C@H](OC)C2)OC(=O)[C@@H]2CCCCN2C(=O)C(=O)[C@]2(O)O[C@@H](CC[C@H]2C)C[C@H](OC)/C(C)=C/C=C/C=C/[C@@H](C)C[C@@H](C)C(=O)[C@@H]1OC. The van der Waals surface area contributed by atoms with E-state index in [9.17, 15) is 34.2 Å². The first-order valence-electron chi connectivity index (χ1n) is 26.1. The lowest BCUT2D eigenvalue weighted by Gasteiger charge is -2.42. The third kappa shape index (κ3) is 16.8. The van der Waals surface area contributed by atoms with E-state index >= 15 is 0 Å². The van der Waals surface area contributed by atoms with Gasteiger partial charge in [0.2, 0.25) is 5.79 Å². The highest BCUT2D eigenvalue weighted by atomic mass is 16.6. The van der Waals surface area contributed by atoms with Gasteiger partial charge in [-0.15, -0.1) is 12.3 Å². The number of rotatable bonds is 11. The molecule has 0 spiro atoms. The summed E-state index contributed by atoms with van der Waals surface area (Å²) in [6.07, 6.45) is 18.7. The number of Topliss-reactive ketones (excluding diaryl/α,β-unsaturated/α-hetero) is 3. The molecule has 1 saturated carbocycles. The van der Waals surface area contributed by atoms with Crippen LogP contribution >= 0.6 is 0 Å². The van der Waals surface area contributed by atoms with Crippen LogP contribution in [0.4, 0.5) is 0 Å². The molecule has 3 aliphatic heterocycles. The zero-order chi connectivity index (χ0) is 52.4. The summed E-state index contributed by atoms with van der Waals surface area (Å²) in [6.45, 7) is 11.4. The summed E-state index contributed by atoms with van der Waals surface area (Å²) in [6, 6.07) is -2.02. The Balaban J connectivity index is 1.75. The first kappa shape index (κ1) is 59.7. The van der Waals surface area contributed by atoms with Crippen molar-refractivity contribution in [2.45, 2.75) is 198 Å². The third-order valence-corrected chi connectivity index (χ3v) is 15.2. The minimum atomic E-state index is -2.45. The molecular weight excluding hydrogens is 909 g/mol. The van der Waals surface area contributed by atoms with Gasteiger partial charge in [-0.2, -0.15) is 0 Å². The Morgan fingerprint density at radius 3 is 2.32 bits per heavy atom. The molecule has 2 bridgehead atoms. The highest BCUT2D eigenvalue weighted by molar-refractivity contribution is 6.39. The van der Waals surface area contributed by atoms with Crippen molar-refractivity contribution in [1.82, 2.24) is 4.90 Å². The fourth-order valence-electron chi connectivity index (χ4n) is 10.6. The maximum atomic E-state index is 14.5. The molecule has 15 atom stereocenters. The molecule has 71 heavy (non-hydrogen) atoms. The second-order valence-electron chi connectivity index (χ2n) is 20.8. The van der Waals surface area contributed by atoms with Gasteiger partial charge in [0, 0.05) is 77.5 Å². The molecule has 0 aromatic carbocycles. The smallest absolute Gasteiger partial charge is 0.329 e. The first-order valence-corrected chi connectivity index (χ1v) is 26.1. The number of cyclic esters (lactones) is 1. The minimum Gasteiger partial charge on any atom is -0.459 e. The van der Waals surface area contributed by atoms with Crippen LogP contribution in [0.25, 0.3) is 0 Å². The maximum Gasteiger partial charge on any atom is 0.329 e. The van der Waals surface area contributed by atoms with Crippen LogP contribution in [0.3, 0.4) is 0 Å². The highest BCUT2D eigenvalue weighted by Crippen LogP contribution is 2.37. The van der Waals surface area contributed by atoms with E-state index in [2.05, 4.69) is 5.92 Å². The molecule has 398 valence electrons. The Kier molecular flexibility index (Phi) is 24.5. The monoisotopic (exact) mass is 995 g/mol. The van der Waals surface area contributed by atoms with Gasteiger partial charge in [0.15, 0.2) is 5.78 Å². The molecule has 0 aromatic rings. The Morgan fingerprint density at radius 1 is 0.887 bits per heavy atom. The van der Waals surface area contributed by atoms with Crippen LogP contribution in [0.15, 0.2) is 47.6 Å². The number of amides is 1. The van der Waals surface area contributed by atoms with Gasteiger partial charge in [0.05, 0.1) is 24.4 Å². The number of fused-ring (bicyclic) bond motifs is 3. The molecule has 0 aromatic heterocycles. The van der Waals surface area contributed by atoms with Crippen LogP contribution in [-0.4, -0.2) is 139 Å². The van der Waals surface area contributed by atoms with Crippen LogP contribution in [-0.2, 0) is 52.4 Å². The average molecular weight is 995 g/mol. The van der Waals surface area contributed by atoms with E-state index in [0.717, 1.165) is 12.0 Å². The van der Waals surface area contributed by atoms with E-state index in [-0.39, 0.29) is 42.8 Å². The molecule has 1 amide bonds. The van der Waals surface area contributed by atoms with Crippen molar-refractivity contribution in [2.24, 2.45) is 35.3 Å². The van der Waals surface area contributed by atoms with Crippen molar-refractivity contribution in [1.29, 1.82) is 0 Å². The van der Waals surface area contributed by atoms with Gasteiger partial charge in [0.1, 0.15) is 30.1 Å². The highest BCUT2D eigenvalue weighted by Gasteiger charge is 2.53. The van der Waals surface area contributed by atoms with Gasteiger partial charge in [-0.1, -0.05) is 64.2 Å². The number of terminal acetylenes is 1. The minimum absolute atomic E-state index is 0.00634. The van der Waals surface area contributed by atoms with Crippen LogP contribution in [0.5, 0.6) is 0 Å². The van der Waals surface area contributed by atoms with Crippen molar-refractivity contribution in [3.8, 4) is 12.3 Å². The summed E-state index contributed by atoms with van der Waals surface area (Å²) in [4.78, 5) is 72.9. The zero-order valence-electron chi connectivity index (χ0n) is 44.1. The number of allylic oxidation sites excluding steroid dienone is 6. The summed E-state index contributed by atoms with van der Waals surface area (Å²) in [5.74, 6) is -5.09. The number of hydrogen-bond donors (Lipinski definition) is 3. The molecule has 4 aliphatic rings. The molecule has 15 heteroatoms. The average Bonchev–Trinajstić information content (AvgIpc) is 3.35. The fourth-order valence-corrected chi connectivity index (χ4v) is 10.6. The zero-order valence-corrected chi connectivity index (χ0v) is 44.1. The quantitative estimate of drug-likeness (QED) is 0.0647. The number of carbonyl (C=O) groups is 5. The number of carbonyl (C=O) groups excluding carboxylic acids is 5. The van der Waals surface area contributed by atoms with Crippen molar-refractivity contribution in [3.05, 3.63) is 47.6 Å². The molecule has 3 heterocycles. The van der Waals surface area contributed by atoms with Gasteiger partial charge in [-0.05, 0) is 114 Å². The molecule has 15 nitrogen and oxygen atoms in total. The molecule has 4 N–H and O–H groups in total. The number of unbranched alkanes of at least 4 members (excludes halogenated alkanes) is 2. The van der Waals surface area contributed by atoms with E-state index in [1.54, 1.807) is 34.1 Å². The molecule has 3 fully saturated rings. The number of nitrogens with zero attached hydrogens (tertiary/aromatic N) is 1. The number of piperidine rings is 1. The molecular formula is C56H86N2O13. The predicted molar refractivity (Wildman–Crippen MR) is 270 cm³/mol. The Morgan fingerprint density at radius 2 is 1.63 bits per heavy atom. The van der Waals surface area contributed by atoms with E-state index < -0.39 is 96.0 Å². The maximum absolute atomic E-state index is 14.5. The van der Waals surface area contributed by atoms with E-state index in [1.165, 1.54) is 12.0 Å². The molecule has 1 aliphatic carbocycles. The van der Waals surface area contributed by atoms with Crippen molar-refractivity contribution < 1.29 is 62.6 Å². The van der Waals surface area contributed by atoms with Crippen LogP contribution in [0.1, 0.15) is 138 Å². The predicted octanol–water partition coefficient (Wildman–Crippen LogP) is 6.70. The number of aliphatic hydroxyl groups is 2. The Labute approximate surface area is 423 Å². The number of nitrogens with two attached hydrogens (primary N) is 1. The molecule has 4 rings (SSSR count). The van der Waals surface area contributed by atoms with Crippen molar-refractivity contribution in [3.63, 3.8) is 0 Å². The summed E-state index contributed by atoms with van der Waals surface area (Å²) in [5, 5.41) is 22.5. The lowest BCUT2D eigenvalue weighted by molar-refractivity contribution is -0.265. The second-order valence-corrected chi connectivity index (χ2v) is 20.8. The number of aliphatic hydroxyl groups excluding tert-OH is 1. The van der Waals surface area contributed by atoms with Crippen molar-refractivity contribution in [2.75, 3.05) is 34.5 Å². The first-order chi connectivity index (χ1) is 33.8. The summed E-state index contributed by atoms with van der Waals surface area (Å²) in [7, 11) is 4.61. The van der Waals surface area contributed by atoms with Crippen LogP contribution in [0.2, 0.25) is 0 Å². The number of esters is 1. The van der Waals surface area contributed by atoms with E-state index in [1.807, 2.05) is 58.1 Å². The summed E-state index contributed by atoms with van der Waals surface area (Å²) in [5.41, 5.74) is 8.43. The number of hydrogen-bond acceptors (Lipinski definition) is 14. The topological polar surface area (TPSA) is 210 Å². The van der Waals surface area contributed by atoms with Gasteiger partial charge in [0.25, 0.3) is 11.7 Å². The van der Waals surface area contributed by atoms with Gasteiger partial charge in [-0.3, -0.25) is 19.2 Å². The fraction of sp³-hybridized carbons (Fsp3) is 0.732. The van der Waals surface area contributed by atoms with Crippen LogP contribution < -0.4 is 5.73 Å². The number of methoxy groups -OCH3 is 3. The lowest BCUT2D eigenvalue weighted by atomic mass is 9.80. The van der Waals surface area contributed by atoms with Gasteiger partial charge in [-0.25, -0.2) is 4.79 Å². The molecule has 0 unspecified atom stereocenters. The Bertz CT molecular complexity index is 1940. The molecule has 0 radical (unpaired) electrons. The normalized spacial score (nSPS) is 37.9. The summed E-state index contributed by atoms with van der Waals surface area (Å²) < 4.78 is 36.2. The number of ketones is 3. The third-order valence-electron chi connectivity index (χ3n) is 15.2. The number of ether oxygens (including phenoxy) is 6. The molecule has 2 saturated heterocycles. The standard InChI is InChI=1S/C56H86N2O13/c1-11-12-13-19-28-69-51-39(6)30-37(4)46(60)34-48(43(57)31-41-24-26-45(59)49(32-41)67-9)70-55(64)44-22-17-18-27-58(44)54(63)53(62)56(65)40(7)23-25-42(71-56)33-47(66-8)36(3)21-16-14-15-20-35(2)29-38(5)50(61)52(51)68-10/h1,14-16,20-21,30,35,37-38,40-45,47-49,51-52,59,65H,12-13,17-19,22-29,31-34,57H2,2-10H3/b16-14+,20-15+,36-21+,39-30+/t35-,37-,38-,40-,41+,42+,43-,44+,45-,47+,48+,49-,51-,52+,56-/m1/s1. The van der Waals surface area contributed by atoms with E-state index in [0.29, 0.717) is 89.2 Å². The van der Waals surface area contributed by atoms with Crippen LogP contribution in [0, 0.1) is 41.9 Å². The Hall–Kier alpha value is -3.85. The van der Waals surface area contributed by atoms with E-state index in [4.69, 9.17) is 40.6 Å². The largest absolute Gasteiger partial charge is 0.459 e. The van der Waals surface area contributed by atoms with Gasteiger partial charge < -0.3 is 49.3 Å². The lowest BCUT2D eigenvalue weighted by Crippen LogP contribution is -2.61. The van der Waals surface area contributed by atoms with Crippen molar-refractivity contribution >= 4 is 29.2 Å². The summed E-state index contributed by atoms with van der Waals surface area (Å²) >= 11 is 0. The second kappa shape index (κ2) is 29.1. The van der Waals surface area contributed by atoms with Gasteiger partial charge >= 0.3 is 5.97 Å².